The maximum Gasteiger partial charge on any atom is 0.0209 e. The quantitative estimate of drug-likeness (QED) is 0.755. The molecule has 3 heteroatoms. The Balaban J connectivity index is 2.34. The van der Waals surface area contributed by atoms with E-state index in [9.17, 15) is 0 Å². The standard InChI is InChI=1S/C14H23BrN2/c1-4-5-16-9-12(3)17-10-13-6-11(2)7-14(15)8-13/h6-8,12,16-17H,4-5,9-10H2,1-3H3. The van der Waals surface area contributed by atoms with Crippen LogP contribution in [-0.4, -0.2) is 19.1 Å². The van der Waals surface area contributed by atoms with Crippen molar-refractivity contribution in [1.29, 1.82) is 0 Å². The molecule has 0 aliphatic carbocycles. The Kier molecular flexibility index (Phi) is 6.78. The molecule has 0 saturated carbocycles. The minimum Gasteiger partial charge on any atom is -0.315 e. The van der Waals surface area contributed by atoms with Crippen LogP contribution >= 0.6 is 15.9 Å². The van der Waals surface area contributed by atoms with Gasteiger partial charge in [0.2, 0.25) is 0 Å². The highest BCUT2D eigenvalue weighted by atomic mass is 79.9. The maximum absolute atomic E-state index is 3.53. The molecule has 96 valence electrons. The summed E-state index contributed by atoms with van der Waals surface area (Å²) in [6.45, 7) is 9.58. The molecule has 0 aliphatic heterocycles. The molecule has 0 aromatic heterocycles. The van der Waals surface area contributed by atoms with Crippen LogP contribution in [0.3, 0.4) is 0 Å². The van der Waals surface area contributed by atoms with Gasteiger partial charge in [0.15, 0.2) is 0 Å². The first-order valence-corrected chi connectivity index (χ1v) is 7.11. The van der Waals surface area contributed by atoms with E-state index in [0.717, 1.165) is 24.1 Å². The molecule has 0 radical (unpaired) electrons. The third kappa shape index (κ3) is 6.20. The van der Waals surface area contributed by atoms with Crippen LogP contribution in [-0.2, 0) is 6.54 Å². The maximum atomic E-state index is 3.53. The zero-order valence-electron chi connectivity index (χ0n) is 11.0. The lowest BCUT2D eigenvalue weighted by Crippen LogP contribution is -2.36. The average Bonchev–Trinajstić information content (AvgIpc) is 2.25. The van der Waals surface area contributed by atoms with Gasteiger partial charge in [-0.25, -0.2) is 0 Å². The summed E-state index contributed by atoms with van der Waals surface area (Å²) in [7, 11) is 0. The second-order valence-corrected chi connectivity index (χ2v) is 5.54. The summed E-state index contributed by atoms with van der Waals surface area (Å²) >= 11 is 3.53. The van der Waals surface area contributed by atoms with E-state index in [1.165, 1.54) is 17.5 Å². The summed E-state index contributed by atoms with van der Waals surface area (Å²) < 4.78 is 1.16. The number of hydrogen-bond acceptors (Lipinski definition) is 2. The average molecular weight is 299 g/mol. The molecule has 0 heterocycles. The van der Waals surface area contributed by atoms with E-state index in [1.807, 2.05) is 0 Å². The number of rotatable bonds is 7. The van der Waals surface area contributed by atoms with E-state index in [4.69, 9.17) is 0 Å². The molecule has 0 aliphatic rings. The highest BCUT2D eigenvalue weighted by Crippen LogP contribution is 2.15. The molecule has 0 spiro atoms. The second kappa shape index (κ2) is 7.85. The minimum absolute atomic E-state index is 0.501. The summed E-state index contributed by atoms with van der Waals surface area (Å²) in [6.07, 6.45) is 1.19. The predicted molar refractivity (Wildman–Crippen MR) is 78.3 cm³/mol. The van der Waals surface area contributed by atoms with Gasteiger partial charge in [-0.1, -0.05) is 28.9 Å². The van der Waals surface area contributed by atoms with E-state index >= 15 is 0 Å². The zero-order valence-corrected chi connectivity index (χ0v) is 12.6. The minimum atomic E-state index is 0.501. The normalized spacial score (nSPS) is 12.7. The van der Waals surface area contributed by atoms with Crippen LogP contribution in [0.15, 0.2) is 22.7 Å². The van der Waals surface area contributed by atoms with Crippen molar-refractivity contribution in [2.24, 2.45) is 0 Å². The van der Waals surface area contributed by atoms with Gasteiger partial charge in [-0.2, -0.15) is 0 Å². The molecular formula is C14H23BrN2. The summed E-state index contributed by atoms with van der Waals surface area (Å²) in [5.74, 6) is 0. The molecule has 2 nitrogen and oxygen atoms in total. The van der Waals surface area contributed by atoms with Crippen molar-refractivity contribution in [3.05, 3.63) is 33.8 Å². The Bertz CT molecular complexity index is 319. The number of halogens is 1. The molecule has 0 saturated heterocycles. The molecule has 1 atom stereocenters. The molecule has 2 N–H and O–H groups in total. The topological polar surface area (TPSA) is 24.1 Å². The van der Waals surface area contributed by atoms with Crippen LogP contribution in [0.1, 0.15) is 31.4 Å². The summed E-state index contributed by atoms with van der Waals surface area (Å²) in [6, 6.07) is 7.03. The van der Waals surface area contributed by atoms with Gasteiger partial charge in [-0.15, -0.1) is 0 Å². The van der Waals surface area contributed by atoms with E-state index in [1.54, 1.807) is 0 Å². The Morgan fingerprint density at radius 2 is 2.06 bits per heavy atom. The number of hydrogen-bond donors (Lipinski definition) is 2. The Labute approximate surface area is 113 Å². The first-order chi connectivity index (χ1) is 8.11. The predicted octanol–water partition coefficient (Wildman–Crippen LogP) is 3.24. The summed E-state index contributed by atoms with van der Waals surface area (Å²) in [5, 5.41) is 6.95. The van der Waals surface area contributed by atoms with Crippen LogP contribution in [0.25, 0.3) is 0 Å². The van der Waals surface area contributed by atoms with Crippen molar-refractivity contribution < 1.29 is 0 Å². The molecule has 0 amide bonds. The van der Waals surface area contributed by atoms with Crippen molar-refractivity contribution >= 4 is 15.9 Å². The van der Waals surface area contributed by atoms with Gasteiger partial charge in [0.1, 0.15) is 0 Å². The van der Waals surface area contributed by atoms with Crippen LogP contribution in [0.2, 0.25) is 0 Å². The first kappa shape index (κ1) is 14.7. The smallest absolute Gasteiger partial charge is 0.0209 e. The Morgan fingerprint density at radius 1 is 1.29 bits per heavy atom. The van der Waals surface area contributed by atoms with Gasteiger partial charge < -0.3 is 10.6 Å². The van der Waals surface area contributed by atoms with Crippen molar-refractivity contribution in [2.75, 3.05) is 13.1 Å². The fourth-order valence-corrected chi connectivity index (χ4v) is 2.43. The number of nitrogens with one attached hydrogen (secondary N) is 2. The third-order valence-corrected chi connectivity index (χ3v) is 3.09. The lowest BCUT2D eigenvalue weighted by atomic mass is 10.1. The lowest BCUT2D eigenvalue weighted by molar-refractivity contribution is 0.501. The largest absolute Gasteiger partial charge is 0.315 e. The van der Waals surface area contributed by atoms with Gasteiger partial charge in [0.05, 0.1) is 0 Å². The highest BCUT2D eigenvalue weighted by Gasteiger charge is 2.01. The first-order valence-electron chi connectivity index (χ1n) is 6.32. The van der Waals surface area contributed by atoms with Crippen molar-refractivity contribution in [2.45, 2.75) is 39.8 Å². The van der Waals surface area contributed by atoms with Crippen LogP contribution in [0.5, 0.6) is 0 Å². The van der Waals surface area contributed by atoms with E-state index < -0.39 is 0 Å². The van der Waals surface area contributed by atoms with Crippen molar-refractivity contribution in [1.82, 2.24) is 10.6 Å². The zero-order chi connectivity index (χ0) is 12.7. The summed E-state index contributed by atoms with van der Waals surface area (Å²) in [5.41, 5.74) is 2.63. The van der Waals surface area contributed by atoms with Crippen LogP contribution in [0.4, 0.5) is 0 Å². The van der Waals surface area contributed by atoms with E-state index in [-0.39, 0.29) is 0 Å². The molecule has 0 fully saturated rings. The second-order valence-electron chi connectivity index (χ2n) is 4.62. The van der Waals surface area contributed by atoms with Gasteiger partial charge in [-0.3, -0.25) is 0 Å². The van der Waals surface area contributed by atoms with Gasteiger partial charge in [0.25, 0.3) is 0 Å². The van der Waals surface area contributed by atoms with E-state index in [2.05, 4.69) is 65.5 Å². The Hall–Kier alpha value is -0.380. The monoisotopic (exact) mass is 298 g/mol. The molecule has 1 rings (SSSR count). The van der Waals surface area contributed by atoms with Gasteiger partial charge in [0, 0.05) is 23.6 Å². The van der Waals surface area contributed by atoms with Gasteiger partial charge >= 0.3 is 0 Å². The highest BCUT2D eigenvalue weighted by molar-refractivity contribution is 9.10. The molecule has 1 unspecified atom stereocenters. The Morgan fingerprint density at radius 3 is 2.71 bits per heavy atom. The van der Waals surface area contributed by atoms with E-state index in [0.29, 0.717) is 6.04 Å². The van der Waals surface area contributed by atoms with Crippen LogP contribution in [0, 0.1) is 6.92 Å². The fraction of sp³-hybridized carbons (Fsp3) is 0.571. The van der Waals surface area contributed by atoms with Crippen molar-refractivity contribution in [3.8, 4) is 0 Å². The number of aryl methyl sites for hydroxylation is 1. The molecule has 17 heavy (non-hydrogen) atoms. The fourth-order valence-electron chi connectivity index (χ4n) is 1.77. The lowest BCUT2D eigenvalue weighted by Gasteiger charge is -2.15. The van der Waals surface area contributed by atoms with Crippen molar-refractivity contribution in [3.63, 3.8) is 0 Å². The molecule has 1 aromatic rings. The van der Waals surface area contributed by atoms with Gasteiger partial charge in [-0.05, 0) is 50.1 Å². The van der Waals surface area contributed by atoms with Crippen LogP contribution < -0.4 is 10.6 Å². The summed E-state index contributed by atoms with van der Waals surface area (Å²) in [4.78, 5) is 0. The molecule has 1 aromatic carbocycles. The molecule has 0 bridgehead atoms. The SMILES string of the molecule is CCCNCC(C)NCc1cc(C)cc(Br)c1. The third-order valence-electron chi connectivity index (χ3n) is 2.63. The molecular weight excluding hydrogens is 276 g/mol. The number of benzene rings is 1.